The number of nitrogens with zero attached hydrogens (tertiary/aromatic N) is 2. The summed E-state index contributed by atoms with van der Waals surface area (Å²) < 4.78 is 24.5. The lowest BCUT2D eigenvalue weighted by molar-refractivity contribution is 0.0224. The predicted molar refractivity (Wildman–Crippen MR) is 181 cm³/mol. The minimum absolute atomic E-state index is 0.359. The van der Waals surface area contributed by atoms with Crippen molar-refractivity contribution in [3.63, 3.8) is 0 Å². The molecule has 0 saturated heterocycles. The Morgan fingerprint density at radius 3 is 1.98 bits per heavy atom. The van der Waals surface area contributed by atoms with Gasteiger partial charge in [-0.15, -0.1) is 0 Å². The van der Waals surface area contributed by atoms with Crippen LogP contribution in [0.3, 0.4) is 0 Å². The summed E-state index contributed by atoms with van der Waals surface area (Å²) in [6.45, 7) is 8.06. The molecule has 0 radical (unpaired) electrons. The van der Waals surface area contributed by atoms with Crippen LogP contribution in [0.25, 0.3) is 0 Å². The smallest absolute Gasteiger partial charge is 0.340 e. The number of aryl methyl sites for hydroxylation is 1. The van der Waals surface area contributed by atoms with Crippen LogP contribution in [-0.2, 0) is 10.3 Å². The lowest BCUT2D eigenvalue weighted by Crippen LogP contribution is -2.33. The van der Waals surface area contributed by atoms with Crippen LogP contribution in [-0.4, -0.2) is 33.3 Å². The number of fused-ring (bicyclic) bond motifs is 6. The summed E-state index contributed by atoms with van der Waals surface area (Å²) in [6.07, 6.45) is 0. The molecule has 1 atom stereocenters. The van der Waals surface area contributed by atoms with Crippen LogP contribution < -0.4 is 24.0 Å². The number of rotatable bonds is 8. The van der Waals surface area contributed by atoms with E-state index in [9.17, 15) is 4.79 Å². The predicted octanol–water partition coefficient (Wildman–Crippen LogP) is 8.90. The Labute approximate surface area is 269 Å². The number of benzene rings is 5. The largest absolute Gasteiger partial charge is 0.497 e. The Bertz CT molecular complexity index is 1920. The first-order valence-electron chi connectivity index (χ1n) is 15.5. The number of hydrogen-bond acceptors (Lipinski definition) is 7. The SMILES string of the molecule is CCN(CC)c1ccc2c(c1)Oc1cc(C)c(N(c3cccc(OC)c3)c3cccc(OC)c3)cc1C21OC(=O)c2ccccc21. The molecular weight excluding hydrogens is 576 g/mol. The van der Waals surface area contributed by atoms with Gasteiger partial charge in [0.2, 0.25) is 0 Å². The second-order valence-electron chi connectivity index (χ2n) is 11.4. The van der Waals surface area contributed by atoms with Crippen LogP contribution in [0.1, 0.15) is 46.5 Å². The molecule has 0 N–H and O–H groups in total. The monoisotopic (exact) mass is 612 g/mol. The molecule has 2 heterocycles. The molecule has 0 aliphatic carbocycles. The molecule has 0 fully saturated rings. The molecule has 232 valence electrons. The molecule has 1 spiro atoms. The number of methoxy groups -OCH3 is 2. The zero-order valence-corrected chi connectivity index (χ0v) is 26.7. The van der Waals surface area contributed by atoms with Crippen molar-refractivity contribution in [2.24, 2.45) is 0 Å². The molecule has 0 amide bonds. The Morgan fingerprint density at radius 2 is 1.33 bits per heavy atom. The summed E-state index contributed by atoms with van der Waals surface area (Å²) in [4.78, 5) is 18.0. The van der Waals surface area contributed by atoms with E-state index in [4.69, 9.17) is 18.9 Å². The maximum Gasteiger partial charge on any atom is 0.340 e. The Morgan fingerprint density at radius 1 is 0.674 bits per heavy atom. The van der Waals surface area contributed by atoms with Gasteiger partial charge in [0.25, 0.3) is 0 Å². The van der Waals surface area contributed by atoms with Crippen LogP contribution in [0.4, 0.5) is 22.7 Å². The van der Waals surface area contributed by atoms with Crippen LogP contribution in [0.2, 0.25) is 0 Å². The molecular formula is C39H36N2O5. The van der Waals surface area contributed by atoms with Crippen LogP contribution in [0, 0.1) is 6.92 Å². The third kappa shape index (κ3) is 4.53. The average molecular weight is 613 g/mol. The van der Waals surface area contributed by atoms with E-state index in [1.807, 2.05) is 84.9 Å². The Balaban J connectivity index is 1.50. The van der Waals surface area contributed by atoms with Crippen LogP contribution >= 0.6 is 0 Å². The topological polar surface area (TPSA) is 60.5 Å². The number of anilines is 4. The van der Waals surface area contributed by atoms with Gasteiger partial charge in [-0.3, -0.25) is 0 Å². The van der Waals surface area contributed by atoms with E-state index in [1.54, 1.807) is 14.2 Å². The van der Waals surface area contributed by atoms with Gasteiger partial charge in [-0.05, 0) is 80.9 Å². The fourth-order valence-corrected chi connectivity index (χ4v) is 6.75. The van der Waals surface area contributed by atoms with Crippen molar-refractivity contribution in [3.8, 4) is 23.0 Å². The lowest BCUT2D eigenvalue weighted by atomic mass is 9.77. The van der Waals surface area contributed by atoms with E-state index in [2.05, 4.69) is 48.8 Å². The molecule has 46 heavy (non-hydrogen) atoms. The van der Waals surface area contributed by atoms with E-state index < -0.39 is 5.60 Å². The highest BCUT2D eigenvalue weighted by Gasteiger charge is 2.54. The Kier molecular flexibility index (Phi) is 7.32. The summed E-state index contributed by atoms with van der Waals surface area (Å²) in [5.41, 5.74) is 6.41. The van der Waals surface area contributed by atoms with Crippen molar-refractivity contribution in [3.05, 3.63) is 131 Å². The van der Waals surface area contributed by atoms with E-state index >= 15 is 0 Å². The zero-order valence-electron chi connectivity index (χ0n) is 26.7. The average Bonchev–Trinajstić information content (AvgIpc) is 3.38. The molecule has 5 aromatic carbocycles. The molecule has 5 aromatic rings. The second-order valence-corrected chi connectivity index (χ2v) is 11.4. The molecule has 2 aliphatic heterocycles. The number of carbonyl (C=O) groups is 1. The molecule has 0 aromatic heterocycles. The fraction of sp³-hybridized carbons (Fsp3) is 0.205. The Hall–Kier alpha value is -5.43. The second kappa shape index (κ2) is 11.5. The molecule has 7 rings (SSSR count). The van der Waals surface area contributed by atoms with Gasteiger partial charge in [-0.1, -0.05) is 30.3 Å². The summed E-state index contributed by atoms with van der Waals surface area (Å²) in [5.74, 6) is 2.42. The van der Waals surface area contributed by atoms with E-state index in [-0.39, 0.29) is 5.97 Å². The van der Waals surface area contributed by atoms with Gasteiger partial charge in [0.15, 0.2) is 5.60 Å². The highest BCUT2D eigenvalue weighted by atomic mass is 16.6. The molecule has 0 saturated carbocycles. The van der Waals surface area contributed by atoms with Crippen molar-refractivity contribution < 1.29 is 23.7 Å². The van der Waals surface area contributed by atoms with Gasteiger partial charge in [-0.2, -0.15) is 0 Å². The van der Waals surface area contributed by atoms with Crippen molar-refractivity contribution in [1.29, 1.82) is 0 Å². The number of carbonyl (C=O) groups excluding carboxylic acids is 1. The molecule has 2 aliphatic rings. The van der Waals surface area contributed by atoms with Crippen LogP contribution in [0.5, 0.6) is 23.0 Å². The third-order valence-electron chi connectivity index (χ3n) is 9.01. The highest BCUT2D eigenvalue weighted by molar-refractivity contribution is 5.97. The van der Waals surface area contributed by atoms with Crippen LogP contribution in [0.15, 0.2) is 103 Å². The molecule has 0 bridgehead atoms. The van der Waals surface area contributed by atoms with Gasteiger partial charge in [0.1, 0.15) is 23.0 Å². The first-order chi connectivity index (χ1) is 22.4. The first kappa shape index (κ1) is 29.3. The summed E-state index contributed by atoms with van der Waals surface area (Å²) in [7, 11) is 3.32. The third-order valence-corrected chi connectivity index (χ3v) is 9.01. The summed E-state index contributed by atoms with van der Waals surface area (Å²) >= 11 is 0. The van der Waals surface area contributed by atoms with Gasteiger partial charge in [0.05, 0.1) is 19.8 Å². The maximum atomic E-state index is 13.6. The van der Waals surface area contributed by atoms with Gasteiger partial charge in [-0.25, -0.2) is 4.79 Å². The van der Waals surface area contributed by atoms with E-state index in [1.165, 1.54) is 0 Å². The van der Waals surface area contributed by atoms with Crippen molar-refractivity contribution in [1.82, 2.24) is 0 Å². The van der Waals surface area contributed by atoms with E-state index in [0.29, 0.717) is 17.1 Å². The normalized spacial score (nSPS) is 15.7. The van der Waals surface area contributed by atoms with Crippen molar-refractivity contribution >= 4 is 28.7 Å². The lowest BCUT2D eigenvalue weighted by Gasteiger charge is -2.38. The zero-order chi connectivity index (χ0) is 32.0. The first-order valence-corrected chi connectivity index (χ1v) is 15.5. The fourth-order valence-electron chi connectivity index (χ4n) is 6.75. The quantitative estimate of drug-likeness (QED) is 0.162. The van der Waals surface area contributed by atoms with Crippen molar-refractivity contribution in [2.45, 2.75) is 26.4 Å². The minimum Gasteiger partial charge on any atom is -0.497 e. The molecule has 7 nitrogen and oxygen atoms in total. The summed E-state index contributed by atoms with van der Waals surface area (Å²) in [6, 6.07) is 33.9. The summed E-state index contributed by atoms with van der Waals surface area (Å²) in [5, 5.41) is 0. The molecule has 7 heteroatoms. The minimum atomic E-state index is -1.20. The highest BCUT2D eigenvalue weighted by Crippen LogP contribution is 2.58. The maximum absolute atomic E-state index is 13.6. The number of hydrogen-bond donors (Lipinski definition) is 0. The number of ether oxygens (including phenoxy) is 4. The van der Waals surface area contributed by atoms with Crippen molar-refractivity contribution in [2.75, 3.05) is 37.1 Å². The number of esters is 1. The van der Waals surface area contributed by atoms with E-state index in [0.717, 1.165) is 69.6 Å². The van der Waals surface area contributed by atoms with Gasteiger partial charge in [0, 0.05) is 70.7 Å². The molecule has 1 unspecified atom stereocenters. The van der Waals surface area contributed by atoms with Gasteiger partial charge >= 0.3 is 5.97 Å². The van der Waals surface area contributed by atoms with Gasteiger partial charge < -0.3 is 28.7 Å². The standard InChI is InChI=1S/C39H36N2O5/c1-6-40(7-2)26-18-19-33-37(23-26)45-36-20-25(3)35(24-34(36)39(33)32-17-9-8-16-31(32)38(42)46-39)41(27-12-10-14-29(21-27)43-4)28-13-11-15-30(22-28)44-5/h8-24H,6-7H2,1-5H3.